The number of hydrogen-bond donors (Lipinski definition) is 2. The van der Waals surface area contributed by atoms with E-state index < -0.39 is 6.04 Å². The Balaban J connectivity index is 0.00000220. The zero-order valence-electron chi connectivity index (χ0n) is 12.5. The van der Waals surface area contributed by atoms with Crippen molar-refractivity contribution in [3.05, 3.63) is 47.5 Å². The number of nitrogens with one attached hydrogen (secondary N) is 1. The van der Waals surface area contributed by atoms with Gasteiger partial charge in [-0.15, -0.1) is 35.0 Å². The molecule has 1 aromatic carbocycles. The lowest BCUT2D eigenvalue weighted by Crippen LogP contribution is -2.34. The number of aryl methyl sites for hydroxylation is 2. The summed E-state index contributed by atoms with van der Waals surface area (Å²) in [5.41, 5.74) is 7.88. The van der Waals surface area contributed by atoms with Crippen molar-refractivity contribution in [3.8, 4) is 0 Å². The first-order valence-electron chi connectivity index (χ1n) is 6.58. The molecule has 0 bridgehead atoms. The minimum Gasteiger partial charge on any atom is -0.347 e. The van der Waals surface area contributed by atoms with Crippen molar-refractivity contribution in [2.45, 2.75) is 33.0 Å². The standard InChI is InChI=1S/C14H19N5O.2ClH/c1-3-19-9-17-18-12(19)8-16-14(20)13(15)11-6-4-10(2)5-7-11;;/h4-7,9,13H,3,8,15H2,1-2H3,(H,16,20);2*1H. The van der Waals surface area contributed by atoms with Gasteiger partial charge < -0.3 is 15.6 Å². The van der Waals surface area contributed by atoms with E-state index in [0.717, 1.165) is 23.5 Å². The second kappa shape index (κ2) is 9.40. The van der Waals surface area contributed by atoms with E-state index in [0.29, 0.717) is 6.54 Å². The van der Waals surface area contributed by atoms with Gasteiger partial charge in [0.25, 0.3) is 0 Å². The van der Waals surface area contributed by atoms with Crippen LogP contribution in [0.1, 0.15) is 29.9 Å². The maximum atomic E-state index is 12.0. The number of rotatable bonds is 5. The molecule has 2 rings (SSSR count). The van der Waals surface area contributed by atoms with E-state index in [-0.39, 0.29) is 30.7 Å². The molecule has 1 aromatic heterocycles. The molecule has 0 saturated heterocycles. The van der Waals surface area contributed by atoms with Gasteiger partial charge in [-0.05, 0) is 19.4 Å². The van der Waals surface area contributed by atoms with Crippen LogP contribution in [0.15, 0.2) is 30.6 Å². The van der Waals surface area contributed by atoms with E-state index in [2.05, 4.69) is 15.5 Å². The third-order valence-electron chi connectivity index (χ3n) is 3.18. The molecule has 0 spiro atoms. The fourth-order valence-electron chi connectivity index (χ4n) is 1.88. The third-order valence-corrected chi connectivity index (χ3v) is 3.18. The van der Waals surface area contributed by atoms with Gasteiger partial charge in [-0.1, -0.05) is 29.8 Å². The molecule has 0 radical (unpaired) electrons. The summed E-state index contributed by atoms with van der Waals surface area (Å²) in [7, 11) is 0. The van der Waals surface area contributed by atoms with Crippen LogP contribution >= 0.6 is 24.8 Å². The minimum absolute atomic E-state index is 0. The summed E-state index contributed by atoms with van der Waals surface area (Å²) >= 11 is 0. The van der Waals surface area contributed by atoms with Crippen molar-refractivity contribution in [1.82, 2.24) is 20.1 Å². The average molecular weight is 346 g/mol. The Morgan fingerprint density at radius 2 is 1.95 bits per heavy atom. The van der Waals surface area contributed by atoms with Crippen molar-refractivity contribution >= 4 is 30.7 Å². The average Bonchev–Trinajstić information content (AvgIpc) is 2.92. The van der Waals surface area contributed by atoms with Crippen molar-refractivity contribution in [3.63, 3.8) is 0 Å². The second-order valence-corrected chi connectivity index (χ2v) is 4.64. The van der Waals surface area contributed by atoms with E-state index in [1.807, 2.05) is 42.7 Å². The van der Waals surface area contributed by atoms with E-state index in [1.165, 1.54) is 0 Å². The van der Waals surface area contributed by atoms with E-state index in [1.54, 1.807) is 6.33 Å². The number of nitrogens with two attached hydrogens (primary N) is 1. The fraction of sp³-hybridized carbons (Fsp3) is 0.357. The van der Waals surface area contributed by atoms with Gasteiger partial charge in [0.05, 0.1) is 6.54 Å². The zero-order valence-corrected chi connectivity index (χ0v) is 14.2. The highest BCUT2D eigenvalue weighted by Crippen LogP contribution is 2.11. The van der Waals surface area contributed by atoms with E-state index in [9.17, 15) is 4.79 Å². The maximum Gasteiger partial charge on any atom is 0.241 e. The molecule has 3 N–H and O–H groups in total. The number of carbonyl (C=O) groups excluding carboxylic acids is 1. The Labute approximate surface area is 142 Å². The monoisotopic (exact) mass is 345 g/mol. The van der Waals surface area contributed by atoms with Crippen molar-refractivity contribution in [1.29, 1.82) is 0 Å². The molecular formula is C14H21Cl2N5O. The quantitative estimate of drug-likeness (QED) is 0.864. The lowest BCUT2D eigenvalue weighted by molar-refractivity contribution is -0.122. The molecule has 1 amide bonds. The number of hydrogen-bond acceptors (Lipinski definition) is 4. The molecule has 22 heavy (non-hydrogen) atoms. The molecule has 1 unspecified atom stereocenters. The lowest BCUT2D eigenvalue weighted by Gasteiger charge is -2.12. The summed E-state index contributed by atoms with van der Waals surface area (Å²) in [5, 5.41) is 10.6. The van der Waals surface area contributed by atoms with Gasteiger partial charge in [-0.3, -0.25) is 4.79 Å². The number of carbonyl (C=O) groups is 1. The van der Waals surface area contributed by atoms with Crippen molar-refractivity contribution < 1.29 is 4.79 Å². The van der Waals surface area contributed by atoms with Crippen LogP contribution in [0, 0.1) is 6.92 Å². The molecule has 0 aliphatic carbocycles. The number of benzene rings is 1. The SMILES string of the molecule is CCn1cnnc1CNC(=O)C(N)c1ccc(C)cc1.Cl.Cl. The highest BCUT2D eigenvalue weighted by Gasteiger charge is 2.16. The summed E-state index contributed by atoms with van der Waals surface area (Å²) in [6.45, 7) is 5.08. The number of halogens is 2. The van der Waals surface area contributed by atoms with Crippen LogP contribution in [0.4, 0.5) is 0 Å². The topological polar surface area (TPSA) is 85.8 Å². The van der Waals surface area contributed by atoms with Gasteiger partial charge in [-0.2, -0.15) is 0 Å². The molecule has 122 valence electrons. The van der Waals surface area contributed by atoms with Crippen molar-refractivity contribution in [2.75, 3.05) is 0 Å². The third kappa shape index (κ3) is 4.98. The Hall–Kier alpha value is -1.63. The molecule has 6 nitrogen and oxygen atoms in total. The van der Waals surface area contributed by atoms with Crippen LogP contribution in [-0.4, -0.2) is 20.7 Å². The molecule has 1 heterocycles. The van der Waals surface area contributed by atoms with Gasteiger partial charge in [0.2, 0.25) is 5.91 Å². The summed E-state index contributed by atoms with van der Waals surface area (Å²) in [5.74, 6) is 0.497. The first-order valence-corrected chi connectivity index (χ1v) is 6.58. The van der Waals surface area contributed by atoms with E-state index >= 15 is 0 Å². The van der Waals surface area contributed by atoms with Crippen LogP contribution < -0.4 is 11.1 Å². The Morgan fingerprint density at radius 1 is 1.32 bits per heavy atom. The van der Waals surface area contributed by atoms with Gasteiger partial charge in [0.1, 0.15) is 12.4 Å². The van der Waals surface area contributed by atoms with E-state index in [4.69, 9.17) is 5.73 Å². The summed E-state index contributed by atoms with van der Waals surface area (Å²) < 4.78 is 1.87. The normalized spacial score (nSPS) is 11.0. The lowest BCUT2D eigenvalue weighted by atomic mass is 10.1. The molecule has 2 aromatic rings. The maximum absolute atomic E-state index is 12.0. The highest BCUT2D eigenvalue weighted by atomic mass is 35.5. The van der Waals surface area contributed by atoms with Crippen molar-refractivity contribution in [2.24, 2.45) is 5.73 Å². The molecule has 1 atom stereocenters. The van der Waals surface area contributed by atoms with Gasteiger partial charge in [-0.25, -0.2) is 0 Å². The number of amides is 1. The van der Waals surface area contributed by atoms with Crippen LogP contribution in [-0.2, 0) is 17.9 Å². The summed E-state index contributed by atoms with van der Waals surface area (Å²) in [6, 6.07) is 6.95. The minimum atomic E-state index is -0.673. The Bertz CT molecular complexity index is 585. The number of nitrogens with zero attached hydrogens (tertiary/aromatic N) is 3. The van der Waals surface area contributed by atoms with Crippen LogP contribution in [0.25, 0.3) is 0 Å². The Kier molecular flexibility index (Phi) is 8.70. The zero-order chi connectivity index (χ0) is 14.5. The van der Waals surface area contributed by atoms with Crippen LogP contribution in [0.3, 0.4) is 0 Å². The molecule has 0 aliphatic rings. The predicted octanol–water partition coefficient (Wildman–Crippen LogP) is 1.77. The van der Waals surface area contributed by atoms with Crippen LogP contribution in [0.5, 0.6) is 0 Å². The smallest absolute Gasteiger partial charge is 0.241 e. The predicted molar refractivity (Wildman–Crippen MR) is 90.1 cm³/mol. The highest BCUT2D eigenvalue weighted by molar-refractivity contribution is 5.85. The first-order chi connectivity index (χ1) is 9.61. The van der Waals surface area contributed by atoms with Gasteiger partial charge in [0.15, 0.2) is 5.82 Å². The molecule has 8 heteroatoms. The number of aromatic nitrogens is 3. The molecular weight excluding hydrogens is 325 g/mol. The molecule has 0 fully saturated rings. The fourth-order valence-corrected chi connectivity index (χ4v) is 1.88. The Morgan fingerprint density at radius 3 is 2.55 bits per heavy atom. The summed E-state index contributed by atoms with van der Waals surface area (Å²) in [4.78, 5) is 12.0. The summed E-state index contributed by atoms with van der Waals surface area (Å²) in [6.07, 6.45) is 1.64. The second-order valence-electron chi connectivity index (χ2n) is 4.64. The first kappa shape index (κ1) is 20.4. The van der Waals surface area contributed by atoms with Gasteiger partial charge in [0, 0.05) is 6.54 Å². The largest absolute Gasteiger partial charge is 0.347 e. The molecule has 0 aliphatic heterocycles. The van der Waals surface area contributed by atoms with Crippen LogP contribution in [0.2, 0.25) is 0 Å². The molecule has 0 saturated carbocycles. The van der Waals surface area contributed by atoms with Gasteiger partial charge >= 0.3 is 0 Å².